The summed E-state index contributed by atoms with van der Waals surface area (Å²) in [5.74, 6) is 0.0503. The molecule has 2 aromatic rings. The maximum Gasteiger partial charge on any atom is 0.238 e. The van der Waals surface area contributed by atoms with Gasteiger partial charge in [-0.3, -0.25) is 14.5 Å². The van der Waals surface area contributed by atoms with E-state index in [1.807, 2.05) is 56.3 Å². The molecule has 0 aliphatic heterocycles. The Morgan fingerprint density at radius 3 is 2.07 bits per heavy atom. The Morgan fingerprint density at radius 1 is 0.889 bits per heavy atom. The molecule has 144 valence electrons. The second-order valence-corrected chi connectivity index (χ2v) is 7.26. The lowest BCUT2D eigenvalue weighted by Gasteiger charge is -2.18. The van der Waals surface area contributed by atoms with Crippen LogP contribution in [0.15, 0.2) is 42.5 Å². The molecule has 0 atom stereocenters. The smallest absolute Gasteiger partial charge is 0.238 e. The Morgan fingerprint density at radius 2 is 1.44 bits per heavy atom. The number of carbonyl (C=O) groups excluding carboxylic acids is 2. The van der Waals surface area contributed by atoms with E-state index in [-0.39, 0.29) is 24.9 Å². The summed E-state index contributed by atoms with van der Waals surface area (Å²) in [6.07, 6.45) is 0. The van der Waals surface area contributed by atoms with E-state index in [2.05, 4.69) is 24.5 Å². The van der Waals surface area contributed by atoms with Gasteiger partial charge in [0.15, 0.2) is 0 Å². The molecular weight excluding hydrogens is 338 g/mol. The molecule has 2 N–H and O–H groups in total. The summed E-state index contributed by atoms with van der Waals surface area (Å²) in [6, 6.07) is 13.6. The molecule has 0 aromatic heterocycles. The first-order valence-electron chi connectivity index (χ1n) is 9.21. The molecule has 5 nitrogen and oxygen atoms in total. The number of anilines is 2. The van der Waals surface area contributed by atoms with Crippen LogP contribution in [0.1, 0.15) is 36.5 Å². The first-order chi connectivity index (χ1) is 12.8. The van der Waals surface area contributed by atoms with Crippen LogP contribution in [0.25, 0.3) is 0 Å². The van der Waals surface area contributed by atoms with Crippen molar-refractivity contribution in [2.75, 3.05) is 30.8 Å². The van der Waals surface area contributed by atoms with Crippen LogP contribution in [0.3, 0.4) is 0 Å². The van der Waals surface area contributed by atoms with Gasteiger partial charge in [0.2, 0.25) is 11.8 Å². The number of para-hydroxylation sites is 1. The van der Waals surface area contributed by atoms with Gasteiger partial charge >= 0.3 is 0 Å². The first-order valence-corrected chi connectivity index (χ1v) is 9.21. The second kappa shape index (κ2) is 9.33. The Hall–Kier alpha value is -2.66. The molecule has 2 rings (SSSR count). The van der Waals surface area contributed by atoms with Crippen molar-refractivity contribution in [2.45, 2.75) is 33.6 Å². The number of hydrogen-bond acceptors (Lipinski definition) is 3. The molecule has 0 fully saturated rings. The van der Waals surface area contributed by atoms with Gasteiger partial charge in [0, 0.05) is 11.4 Å². The molecule has 0 saturated heterocycles. The van der Waals surface area contributed by atoms with Crippen molar-refractivity contribution < 1.29 is 9.59 Å². The van der Waals surface area contributed by atoms with Crippen LogP contribution in [0.4, 0.5) is 11.4 Å². The minimum absolute atomic E-state index is 0.134. The molecular formula is C22H29N3O2. The van der Waals surface area contributed by atoms with Crippen molar-refractivity contribution >= 4 is 23.2 Å². The third kappa shape index (κ3) is 5.93. The molecule has 0 saturated carbocycles. The van der Waals surface area contributed by atoms with E-state index < -0.39 is 0 Å². The normalized spacial score (nSPS) is 10.9. The van der Waals surface area contributed by atoms with Crippen molar-refractivity contribution in [3.8, 4) is 0 Å². The van der Waals surface area contributed by atoms with E-state index in [9.17, 15) is 9.59 Å². The van der Waals surface area contributed by atoms with E-state index >= 15 is 0 Å². The molecule has 2 amide bonds. The van der Waals surface area contributed by atoms with Crippen LogP contribution >= 0.6 is 0 Å². The number of amides is 2. The third-order valence-corrected chi connectivity index (χ3v) is 4.56. The van der Waals surface area contributed by atoms with Gasteiger partial charge in [0.05, 0.1) is 13.1 Å². The summed E-state index contributed by atoms with van der Waals surface area (Å²) in [5, 5.41) is 5.87. The number of likely N-dealkylation sites (N-methyl/N-ethyl adjacent to an activating group) is 1. The second-order valence-electron chi connectivity index (χ2n) is 7.26. The van der Waals surface area contributed by atoms with Gasteiger partial charge in [0.25, 0.3) is 0 Å². The molecule has 0 radical (unpaired) electrons. The Balaban J connectivity index is 1.89. The lowest BCUT2D eigenvalue weighted by molar-refractivity contribution is -0.119. The number of nitrogens with one attached hydrogen (secondary N) is 2. The summed E-state index contributed by atoms with van der Waals surface area (Å²) in [7, 11) is 1.76. The molecule has 0 aliphatic carbocycles. The predicted molar refractivity (Wildman–Crippen MR) is 111 cm³/mol. The van der Waals surface area contributed by atoms with Gasteiger partial charge in [-0.15, -0.1) is 0 Å². The average Bonchev–Trinajstić information content (AvgIpc) is 2.58. The SMILES string of the molecule is Cc1cccc(NC(=O)CN(C)CC(=O)Nc2ccccc2C(C)C)c1C. The fourth-order valence-corrected chi connectivity index (χ4v) is 2.93. The van der Waals surface area contributed by atoms with Crippen molar-refractivity contribution in [3.05, 3.63) is 59.2 Å². The zero-order valence-electron chi connectivity index (χ0n) is 16.8. The maximum atomic E-state index is 12.4. The minimum atomic E-state index is -0.137. The van der Waals surface area contributed by atoms with Crippen LogP contribution in [-0.2, 0) is 9.59 Å². The minimum Gasteiger partial charge on any atom is -0.325 e. The summed E-state index contributed by atoms with van der Waals surface area (Å²) in [4.78, 5) is 26.3. The van der Waals surface area contributed by atoms with Gasteiger partial charge < -0.3 is 10.6 Å². The fraction of sp³-hybridized carbons (Fsp3) is 0.364. The lowest BCUT2D eigenvalue weighted by atomic mass is 10.0. The maximum absolute atomic E-state index is 12.4. The Bertz CT molecular complexity index is 815. The largest absolute Gasteiger partial charge is 0.325 e. The molecule has 27 heavy (non-hydrogen) atoms. The zero-order chi connectivity index (χ0) is 20.0. The molecule has 0 heterocycles. The van der Waals surface area contributed by atoms with E-state index in [0.717, 1.165) is 28.1 Å². The zero-order valence-corrected chi connectivity index (χ0v) is 16.8. The quantitative estimate of drug-likeness (QED) is 0.779. The number of nitrogens with zero attached hydrogens (tertiary/aromatic N) is 1. The van der Waals surface area contributed by atoms with Gasteiger partial charge in [-0.2, -0.15) is 0 Å². The highest BCUT2D eigenvalue weighted by Crippen LogP contribution is 2.23. The summed E-state index contributed by atoms with van der Waals surface area (Å²) in [6.45, 7) is 8.47. The standard InChI is InChI=1S/C22H29N3O2/c1-15(2)18-10-6-7-11-20(18)24-22(27)14-25(5)13-21(26)23-19-12-8-9-16(3)17(19)4/h6-12,15H,13-14H2,1-5H3,(H,23,26)(H,24,27). The highest BCUT2D eigenvalue weighted by atomic mass is 16.2. The number of aryl methyl sites for hydroxylation is 1. The third-order valence-electron chi connectivity index (χ3n) is 4.56. The summed E-state index contributed by atoms with van der Waals surface area (Å²) in [5.41, 5.74) is 4.91. The van der Waals surface area contributed by atoms with Crippen LogP contribution in [0.2, 0.25) is 0 Å². The van der Waals surface area contributed by atoms with E-state index in [4.69, 9.17) is 0 Å². The van der Waals surface area contributed by atoms with Gasteiger partial charge in [-0.05, 0) is 55.6 Å². The number of rotatable bonds is 7. The Kier molecular flexibility index (Phi) is 7.13. The topological polar surface area (TPSA) is 61.4 Å². The van der Waals surface area contributed by atoms with Crippen LogP contribution in [0, 0.1) is 13.8 Å². The lowest BCUT2D eigenvalue weighted by Crippen LogP contribution is -2.36. The number of carbonyl (C=O) groups is 2. The molecule has 5 heteroatoms. The monoisotopic (exact) mass is 367 g/mol. The van der Waals surface area contributed by atoms with Crippen molar-refractivity contribution in [3.63, 3.8) is 0 Å². The van der Waals surface area contributed by atoms with Crippen molar-refractivity contribution in [1.29, 1.82) is 0 Å². The summed E-state index contributed by atoms with van der Waals surface area (Å²) < 4.78 is 0. The molecule has 2 aromatic carbocycles. The van der Waals surface area contributed by atoms with Crippen molar-refractivity contribution in [2.24, 2.45) is 0 Å². The van der Waals surface area contributed by atoms with Crippen LogP contribution < -0.4 is 10.6 Å². The Labute approximate surface area is 161 Å². The number of benzene rings is 2. The predicted octanol–water partition coefficient (Wildman–Crippen LogP) is 3.94. The average molecular weight is 367 g/mol. The van der Waals surface area contributed by atoms with Crippen LogP contribution in [0.5, 0.6) is 0 Å². The van der Waals surface area contributed by atoms with E-state index in [1.165, 1.54) is 0 Å². The van der Waals surface area contributed by atoms with Crippen molar-refractivity contribution in [1.82, 2.24) is 4.90 Å². The van der Waals surface area contributed by atoms with E-state index in [0.29, 0.717) is 5.92 Å². The van der Waals surface area contributed by atoms with Gasteiger partial charge in [-0.25, -0.2) is 0 Å². The highest BCUT2D eigenvalue weighted by molar-refractivity contribution is 5.95. The molecule has 0 aliphatic rings. The molecule has 0 unspecified atom stereocenters. The molecule has 0 bridgehead atoms. The fourth-order valence-electron chi connectivity index (χ4n) is 2.93. The highest BCUT2D eigenvalue weighted by Gasteiger charge is 2.14. The number of hydrogen-bond donors (Lipinski definition) is 2. The van der Waals surface area contributed by atoms with Gasteiger partial charge in [-0.1, -0.05) is 44.2 Å². The van der Waals surface area contributed by atoms with Gasteiger partial charge in [0.1, 0.15) is 0 Å². The first kappa shape index (κ1) is 20.6. The summed E-state index contributed by atoms with van der Waals surface area (Å²) >= 11 is 0. The van der Waals surface area contributed by atoms with Crippen LogP contribution in [-0.4, -0.2) is 36.9 Å². The van der Waals surface area contributed by atoms with E-state index in [1.54, 1.807) is 11.9 Å². The molecule has 0 spiro atoms.